The molecule has 0 amide bonds. The Kier molecular flexibility index (Phi) is 5.13. The first-order valence-corrected chi connectivity index (χ1v) is 9.33. The van der Waals surface area contributed by atoms with Gasteiger partial charge in [0.25, 0.3) is 5.56 Å². The predicted octanol–water partition coefficient (Wildman–Crippen LogP) is 2.75. The number of nitrogen functional groups attached to an aromatic ring is 1. The number of hydrogen-bond acceptors (Lipinski definition) is 6. The number of nitrogens with two attached hydrogens (primary N) is 1. The van der Waals surface area contributed by atoms with Crippen LogP contribution in [0, 0.1) is 17.1 Å². The maximum Gasteiger partial charge on any atom is 0.260 e. The fraction of sp³-hybridized carbons (Fsp3) is 0.143. The average molecular weight is 403 g/mol. The van der Waals surface area contributed by atoms with Crippen molar-refractivity contribution < 1.29 is 4.39 Å². The number of anilines is 2. The van der Waals surface area contributed by atoms with Crippen molar-refractivity contribution in [3.8, 4) is 11.8 Å². The number of nitrogens with zero attached hydrogens (tertiary/aromatic N) is 4. The van der Waals surface area contributed by atoms with Gasteiger partial charge in [-0.05, 0) is 49.2 Å². The van der Waals surface area contributed by atoms with Crippen LogP contribution in [0.5, 0.6) is 0 Å². The molecule has 0 aliphatic rings. The van der Waals surface area contributed by atoms with Crippen LogP contribution in [-0.2, 0) is 6.42 Å². The smallest absolute Gasteiger partial charge is 0.260 e. The highest BCUT2D eigenvalue weighted by atomic mass is 19.1. The Labute approximate surface area is 170 Å². The topological polar surface area (TPSA) is 125 Å². The van der Waals surface area contributed by atoms with Crippen LogP contribution in [0.25, 0.3) is 16.6 Å². The zero-order valence-corrected chi connectivity index (χ0v) is 15.9. The number of nitriles is 1. The molecule has 30 heavy (non-hydrogen) atoms. The summed E-state index contributed by atoms with van der Waals surface area (Å²) in [5.74, 6) is 0.236. The fourth-order valence-electron chi connectivity index (χ4n) is 3.19. The molecule has 8 nitrogen and oxygen atoms in total. The molecule has 0 unspecified atom stereocenters. The van der Waals surface area contributed by atoms with Crippen LogP contribution in [-0.4, -0.2) is 26.3 Å². The van der Waals surface area contributed by atoms with Crippen molar-refractivity contribution in [3.05, 3.63) is 76.0 Å². The lowest BCUT2D eigenvalue weighted by molar-refractivity contribution is 0.627. The number of aromatic nitrogens is 4. The number of H-pyrrole nitrogens is 1. The summed E-state index contributed by atoms with van der Waals surface area (Å²) >= 11 is 0. The lowest BCUT2D eigenvalue weighted by Crippen LogP contribution is -2.14. The molecule has 0 fully saturated rings. The van der Waals surface area contributed by atoms with Crippen molar-refractivity contribution >= 4 is 22.7 Å². The van der Waals surface area contributed by atoms with E-state index in [0.29, 0.717) is 53.2 Å². The predicted molar refractivity (Wildman–Crippen MR) is 112 cm³/mol. The molecule has 0 radical (unpaired) electrons. The van der Waals surface area contributed by atoms with Gasteiger partial charge in [0.1, 0.15) is 23.3 Å². The minimum atomic E-state index is -0.364. The van der Waals surface area contributed by atoms with Crippen LogP contribution in [0.4, 0.5) is 16.2 Å². The SMILES string of the molecule is N#Cc1c(CCCNc2nc3ccccc3c(=O)[nH]2)nn(-c2ccc(F)cc2)c1N. The van der Waals surface area contributed by atoms with Crippen LogP contribution in [0.3, 0.4) is 0 Å². The number of nitrogens with one attached hydrogen (secondary N) is 2. The molecular formula is C21H18FN7O. The zero-order valence-electron chi connectivity index (χ0n) is 15.9. The third-order valence-corrected chi connectivity index (χ3v) is 4.67. The number of fused-ring (bicyclic) bond motifs is 1. The van der Waals surface area contributed by atoms with Gasteiger partial charge in [-0.2, -0.15) is 10.4 Å². The second kappa shape index (κ2) is 8.05. The summed E-state index contributed by atoms with van der Waals surface area (Å²) in [5, 5.41) is 17.5. The number of rotatable bonds is 6. The highest BCUT2D eigenvalue weighted by Gasteiger charge is 2.16. The summed E-state index contributed by atoms with van der Waals surface area (Å²) < 4.78 is 14.6. The van der Waals surface area contributed by atoms with E-state index in [4.69, 9.17) is 5.73 Å². The van der Waals surface area contributed by atoms with Crippen LogP contribution >= 0.6 is 0 Å². The van der Waals surface area contributed by atoms with E-state index in [1.165, 1.54) is 16.8 Å². The molecule has 2 aromatic carbocycles. The largest absolute Gasteiger partial charge is 0.382 e. The first kappa shape index (κ1) is 19.1. The van der Waals surface area contributed by atoms with Gasteiger partial charge >= 0.3 is 0 Å². The van der Waals surface area contributed by atoms with E-state index in [-0.39, 0.29) is 17.2 Å². The molecule has 0 aliphatic heterocycles. The molecule has 4 aromatic rings. The van der Waals surface area contributed by atoms with Gasteiger partial charge in [0.05, 0.1) is 22.3 Å². The van der Waals surface area contributed by atoms with Crippen molar-refractivity contribution in [2.45, 2.75) is 12.8 Å². The zero-order chi connectivity index (χ0) is 21.1. The molecule has 9 heteroatoms. The Morgan fingerprint density at radius 1 is 1.20 bits per heavy atom. The van der Waals surface area contributed by atoms with Gasteiger partial charge in [0.2, 0.25) is 5.95 Å². The summed E-state index contributed by atoms with van der Waals surface area (Å²) in [7, 11) is 0. The normalized spacial score (nSPS) is 10.8. The first-order chi connectivity index (χ1) is 14.6. The lowest BCUT2D eigenvalue weighted by Gasteiger charge is -2.06. The Balaban J connectivity index is 1.45. The summed E-state index contributed by atoms with van der Waals surface area (Å²) in [6, 6.07) is 14.9. The standard InChI is InChI=1S/C21H18FN7O/c22-13-7-9-14(10-8-13)29-19(24)16(12-23)18(28-29)6-3-11-25-21-26-17-5-2-1-4-15(17)20(30)27-21/h1-2,4-5,7-10H,3,6,11,24H2,(H2,25,26,27,30). The highest BCUT2D eigenvalue weighted by molar-refractivity contribution is 5.78. The van der Waals surface area contributed by atoms with Crippen molar-refractivity contribution in [3.63, 3.8) is 0 Å². The Morgan fingerprint density at radius 2 is 1.97 bits per heavy atom. The molecule has 4 N–H and O–H groups in total. The molecule has 150 valence electrons. The molecule has 0 spiro atoms. The molecule has 0 aliphatic carbocycles. The lowest BCUT2D eigenvalue weighted by atomic mass is 10.1. The van der Waals surface area contributed by atoms with Crippen LogP contribution < -0.4 is 16.6 Å². The molecule has 0 saturated heterocycles. The number of aromatic amines is 1. The van der Waals surface area contributed by atoms with Crippen molar-refractivity contribution in [2.24, 2.45) is 0 Å². The molecule has 0 atom stereocenters. The Hall–Kier alpha value is -4.19. The monoisotopic (exact) mass is 403 g/mol. The molecule has 0 bridgehead atoms. The minimum Gasteiger partial charge on any atom is -0.382 e. The van der Waals surface area contributed by atoms with Crippen molar-refractivity contribution in [1.82, 2.24) is 19.7 Å². The van der Waals surface area contributed by atoms with E-state index >= 15 is 0 Å². The first-order valence-electron chi connectivity index (χ1n) is 9.33. The van der Waals surface area contributed by atoms with E-state index in [1.807, 2.05) is 6.07 Å². The molecule has 2 heterocycles. The molecule has 2 aromatic heterocycles. The van der Waals surface area contributed by atoms with Gasteiger partial charge in [-0.25, -0.2) is 14.1 Å². The number of para-hydroxylation sites is 1. The van der Waals surface area contributed by atoms with Crippen LogP contribution in [0.15, 0.2) is 53.3 Å². The maximum atomic E-state index is 13.2. The second-order valence-corrected chi connectivity index (χ2v) is 6.67. The summed E-state index contributed by atoms with van der Waals surface area (Å²) in [4.78, 5) is 19.2. The summed E-state index contributed by atoms with van der Waals surface area (Å²) in [6.07, 6.45) is 1.12. The quantitative estimate of drug-likeness (QED) is 0.425. The molecule has 4 rings (SSSR count). The van der Waals surface area contributed by atoms with E-state index in [0.717, 1.165) is 0 Å². The van der Waals surface area contributed by atoms with Crippen molar-refractivity contribution in [2.75, 3.05) is 17.6 Å². The van der Waals surface area contributed by atoms with E-state index in [1.54, 1.807) is 30.3 Å². The van der Waals surface area contributed by atoms with Crippen LogP contribution in [0.2, 0.25) is 0 Å². The number of aryl methyl sites for hydroxylation is 1. The Bertz CT molecular complexity index is 1300. The van der Waals surface area contributed by atoms with E-state index in [2.05, 4.69) is 26.5 Å². The minimum absolute atomic E-state index is 0.208. The van der Waals surface area contributed by atoms with Gasteiger partial charge in [-0.1, -0.05) is 12.1 Å². The average Bonchev–Trinajstić information content (AvgIpc) is 3.07. The van der Waals surface area contributed by atoms with Crippen molar-refractivity contribution in [1.29, 1.82) is 5.26 Å². The van der Waals surface area contributed by atoms with E-state index in [9.17, 15) is 14.4 Å². The van der Waals surface area contributed by atoms with Crippen LogP contribution in [0.1, 0.15) is 17.7 Å². The van der Waals surface area contributed by atoms with E-state index < -0.39 is 0 Å². The third-order valence-electron chi connectivity index (χ3n) is 4.67. The molecular weight excluding hydrogens is 385 g/mol. The van der Waals surface area contributed by atoms with Gasteiger partial charge in [-0.3, -0.25) is 9.78 Å². The highest BCUT2D eigenvalue weighted by Crippen LogP contribution is 2.21. The van der Waals surface area contributed by atoms with Gasteiger partial charge in [0.15, 0.2) is 0 Å². The Morgan fingerprint density at radius 3 is 2.73 bits per heavy atom. The number of halogens is 1. The second-order valence-electron chi connectivity index (χ2n) is 6.67. The number of hydrogen-bond donors (Lipinski definition) is 3. The fourth-order valence-corrected chi connectivity index (χ4v) is 3.19. The van der Waals surface area contributed by atoms with Gasteiger partial charge in [-0.15, -0.1) is 0 Å². The maximum absolute atomic E-state index is 13.2. The summed E-state index contributed by atoms with van der Waals surface area (Å²) in [5.41, 5.74) is 7.91. The summed E-state index contributed by atoms with van der Waals surface area (Å²) in [6.45, 7) is 0.509. The third kappa shape index (κ3) is 3.71. The van der Waals surface area contributed by atoms with Gasteiger partial charge < -0.3 is 11.1 Å². The van der Waals surface area contributed by atoms with Gasteiger partial charge in [0, 0.05) is 6.54 Å². The number of benzene rings is 2. The molecule has 0 saturated carbocycles.